The summed E-state index contributed by atoms with van der Waals surface area (Å²) >= 11 is 0. The summed E-state index contributed by atoms with van der Waals surface area (Å²) < 4.78 is 12.9. The van der Waals surface area contributed by atoms with E-state index < -0.39 is 16.6 Å². The number of carbonyl (C=O) groups is 2. The molecular formula is C24H47NO4Si2. The van der Waals surface area contributed by atoms with E-state index in [0.717, 1.165) is 19.3 Å². The molecule has 0 unspecified atom stereocenters. The van der Waals surface area contributed by atoms with E-state index in [1.165, 1.54) is 0 Å². The van der Waals surface area contributed by atoms with Crippen LogP contribution in [-0.2, 0) is 18.4 Å². The Kier molecular flexibility index (Phi) is 7.79. The monoisotopic (exact) mass is 469 g/mol. The van der Waals surface area contributed by atoms with Gasteiger partial charge in [0.15, 0.2) is 16.6 Å². The lowest BCUT2D eigenvalue weighted by Crippen LogP contribution is -2.68. The largest absolute Gasteiger partial charge is 0.416 e. The van der Waals surface area contributed by atoms with E-state index in [1.807, 2.05) is 6.92 Å². The Morgan fingerprint density at radius 2 is 1.52 bits per heavy atom. The lowest BCUT2D eigenvalue weighted by Gasteiger charge is -2.48. The van der Waals surface area contributed by atoms with E-state index >= 15 is 0 Å². The van der Waals surface area contributed by atoms with E-state index in [9.17, 15) is 9.59 Å². The maximum atomic E-state index is 13.4. The standard InChI is InChI=1S/C24H47NO4Si2/c1-16(29-31(10,11)24(5,6)7)19-20(25-22(19)27)18-14-12-13-17(21(18)26)15-28-30(8,9)23(2,3)4/h16-20H,12-15H2,1-11H3,(H,25,27)/t16-,17-,18-,19-,20+/m1/s1. The molecule has 1 saturated carbocycles. The number of amides is 1. The molecule has 0 aromatic heterocycles. The van der Waals surface area contributed by atoms with E-state index in [2.05, 4.69) is 73.0 Å². The van der Waals surface area contributed by atoms with Gasteiger partial charge in [-0.3, -0.25) is 9.59 Å². The van der Waals surface area contributed by atoms with Gasteiger partial charge in [0.05, 0.1) is 18.1 Å². The summed E-state index contributed by atoms with van der Waals surface area (Å²) in [7, 11) is -3.87. The van der Waals surface area contributed by atoms with Crippen LogP contribution in [0, 0.1) is 17.8 Å². The molecular weight excluding hydrogens is 422 g/mol. The number of nitrogens with one attached hydrogen (secondary N) is 1. The Morgan fingerprint density at radius 1 is 0.968 bits per heavy atom. The van der Waals surface area contributed by atoms with Gasteiger partial charge >= 0.3 is 0 Å². The number of hydrogen-bond donors (Lipinski definition) is 1. The summed E-state index contributed by atoms with van der Waals surface area (Å²) in [5.74, 6) is -0.0937. The number of β-lactam (4-membered cyclic amide) rings is 1. The predicted octanol–water partition coefficient (Wildman–Crippen LogP) is 5.52. The summed E-state index contributed by atoms with van der Waals surface area (Å²) in [5.41, 5.74) is 0. The highest BCUT2D eigenvalue weighted by Gasteiger charge is 2.53. The fourth-order valence-corrected chi connectivity index (χ4v) is 6.69. The zero-order chi connectivity index (χ0) is 24.0. The maximum Gasteiger partial charge on any atom is 0.228 e. The van der Waals surface area contributed by atoms with Crippen molar-refractivity contribution >= 4 is 28.3 Å². The summed E-state index contributed by atoms with van der Waals surface area (Å²) in [6.45, 7) is 24.7. The van der Waals surface area contributed by atoms with Gasteiger partial charge in [0, 0.05) is 18.4 Å². The predicted molar refractivity (Wildman–Crippen MR) is 132 cm³/mol. The van der Waals surface area contributed by atoms with Crippen LogP contribution in [0.1, 0.15) is 67.7 Å². The summed E-state index contributed by atoms with van der Waals surface area (Å²) in [5, 5.41) is 3.28. The molecule has 180 valence electrons. The highest BCUT2D eigenvalue weighted by atomic mass is 28.4. The first-order valence-corrected chi connectivity index (χ1v) is 17.9. The topological polar surface area (TPSA) is 64.6 Å². The molecule has 1 N–H and O–H groups in total. The third-order valence-electron chi connectivity index (χ3n) is 8.51. The maximum absolute atomic E-state index is 13.4. The molecule has 0 radical (unpaired) electrons. The Morgan fingerprint density at radius 3 is 2.00 bits per heavy atom. The molecule has 1 heterocycles. The van der Waals surface area contributed by atoms with Crippen molar-refractivity contribution < 1.29 is 18.4 Å². The van der Waals surface area contributed by atoms with E-state index in [-0.39, 0.29) is 51.7 Å². The molecule has 5 atom stereocenters. The van der Waals surface area contributed by atoms with Crippen LogP contribution < -0.4 is 5.32 Å². The lowest BCUT2D eigenvalue weighted by molar-refractivity contribution is -0.147. The SMILES string of the molecule is C[C@@H](O[Si](C)(C)C(C)(C)C)[C@H]1C(=O)N[C@H]1[C@H]1CCC[C@H](CO[Si](C)(C)C(C)(C)C)C1=O. The molecule has 0 aromatic rings. The molecule has 0 spiro atoms. The third-order valence-corrected chi connectivity index (χ3v) is 17.6. The minimum atomic E-state index is -1.98. The number of hydrogen-bond acceptors (Lipinski definition) is 4. The van der Waals surface area contributed by atoms with Crippen molar-refractivity contribution in [3.05, 3.63) is 0 Å². The Bertz CT molecular complexity index is 678. The van der Waals surface area contributed by atoms with Crippen LogP contribution in [0.4, 0.5) is 0 Å². The van der Waals surface area contributed by atoms with Crippen molar-refractivity contribution in [3.63, 3.8) is 0 Å². The van der Waals surface area contributed by atoms with Crippen LogP contribution in [0.3, 0.4) is 0 Å². The molecule has 2 aliphatic rings. The van der Waals surface area contributed by atoms with Crippen LogP contribution in [-0.4, -0.2) is 47.1 Å². The Hall–Kier alpha value is -0.506. The molecule has 1 aliphatic carbocycles. The van der Waals surface area contributed by atoms with Crippen LogP contribution in [0.15, 0.2) is 0 Å². The first-order valence-electron chi connectivity index (χ1n) is 12.0. The molecule has 31 heavy (non-hydrogen) atoms. The number of rotatable bonds is 7. The van der Waals surface area contributed by atoms with Gasteiger partial charge < -0.3 is 14.2 Å². The van der Waals surface area contributed by atoms with Crippen molar-refractivity contribution in [2.75, 3.05) is 6.61 Å². The summed E-state index contributed by atoms with van der Waals surface area (Å²) in [6.07, 6.45) is 2.59. The van der Waals surface area contributed by atoms with Gasteiger partial charge in [0.25, 0.3) is 0 Å². The van der Waals surface area contributed by atoms with Crippen molar-refractivity contribution in [1.82, 2.24) is 5.32 Å². The van der Waals surface area contributed by atoms with Crippen LogP contribution in [0.5, 0.6) is 0 Å². The van der Waals surface area contributed by atoms with Gasteiger partial charge in [0.2, 0.25) is 5.91 Å². The minimum absolute atomic E-state index is 0.0312. The Labute approximate surface area is 192 Å². The molecule has 5 nitrogen and oxygen atoms in total. The number of carbonyl (C=O) groups excluding carboxylic acids is 2. The highest BCUT2D eigenvalue weighted by Crippen LogP contribution is 2.42. The molecule has 2 fully saturated rings. The second kappa shape index (κ2) is 9.03. The van der Waals surface area contributed by atoms with E-state index in [1.54, 1.807) is 0 Å². The lowest BCUT2D eigenvalue weighted by atomic mass is 9.69. The first kappa shape index (κ1) is 26.7. The van der Waals surface area contributed by atoms with E-state index in [0.29, 0.717) is 6.61 Å². The molecule has 1 saturated heterocycles. The minimum Gasteiger partial charge on any atom is -0.416 e. The molecule has 1 aliphatic heterocycles. The fourth-order valence-electron chi connectivity index (χ4n) is 4.21. The van der Waals surface area contributed by atoms with Crippen molar-refractivity contribution in [2.24, 2.45) is 17.8 Å². The molecule has 2 rings (SSSR count). The molecule has 7 heteroatoms. The van der Waals surface area contributed by atoms with Gasteiger partial charge in [-0.2, -0.15) is 0 Å². The zero-order valence-electron chi connectivity index (χ0n) is 21.8. The normalized spacial score (nSPS) is 29.4. The summed E-state index contributed by atoms with van der Waals surface area (Å²) in [6, 6.07) is -0.101. The number of Topliss-reactive ketones (excluding diaryl/α,β-unsaturated/α-hetero) is 1. The quantitative estimate of drug-likeness (QED) is 0.394. The fraction of sp³-hybridized carbons (Fsp3) is 0.917. The first-order chi connectivity index (χ1) is 13.9. The second-order valence-electron chi connectivity index (χ2n) is 12.9. The number of ketones is 1. The van der Waals surface area contributed by atoms with Crippen LogP contribution >= 0.6 is 0 Å². The van der Waals surface area contributed by atoms with Gasteiger partial charge in [-0.1, -0.05) is 48.0 Å². The zero-order valence-corrected chi connectivity index (χ0v) is 23.8. The van der Waals surface area contributed by atoms with Crippen LogP contribution in [0.25, 0.3) is 0 Å². The van der Waals surface area contributed by atoms with Crippen molar-refractivity contribution in [1.29, 1.82) is 0 Å². The molecule has 0 bridgehead atoms. The van der Waals surface area contributed by atoms with Gasteiger partial charge in [-0.15, -0.1) is 0 Å². The highest BCUT2D eigenvalue weighted by molar-refractivity contribution is 6.74. The smallest absolute Gasteiger partial charge is 0.228 e. The van der Waals surface area contributed by atoms with Crippen LogP contribution in [0.2, 0.25) is 36.3 Å². The van der Waals surface area contributed by atoms with Crippen molar-refractivity contribution in [2.45, 2.75) is 116 Å². The third kappa shape index (κ3) is 5.71. The van der Waals surface area contributed by atoms with Gasteiger partial charge in [0.1, 0.15) is 5.78 Å². The molecule has 1 amide bonds. The average Bonchev–Trinajstić information content (AvgIpc) is 2.56. The summed E-state index contributed by atoms with van der Waals surface area (Å²) in [4.78, 5) is 25.9. The van der Waals surface area contributed by atoms with Gasteiger partial charge in [-0.05, 0) is 56.0 Å². The van der Waals surface area contributed by atoms with Gasteiger partial charge in [-0.25, -0.2) is 0 Å². The van der Waals surface area contributed by atoms with Crippen molar-refractivity contribution in [3.8, 4) is 0 Å². The average molecular weight is 470 g/mol. The van der Waals surface area contributed by atoms with E-state index in [4.69, 9.17) is 8.85 Å². The second-order valence-corrected chi connectivity index (χ2v) is 22.4. The Balaban J connectivity index is 2.06. The molecule has 0 aromatic carbocycles.